The molecule has 0 aliphatic carbocycles. The third kappa shape index (κ3) is 4.93. The second-order valence-corrected chi connectivity index (χ2v) is 6.77. The van der Waals surface area contributed by atoms with E-state index in [1.807, 2.05) is 26.0 Å². The normalized spacial score (nSPS) is 12.1. The van der Waals surface area contributed by atoms with Crippen molar-refractivity contribution < 1.29 is 8.42 Å². The summed E-state index contributed by atoms with van der Waals surface area (Å²) in [6, 6.07) is 5.95. The van der Waals surface area contributed by atoms with Crippen LogP contribution in [0.2, 0.25) is 0 Å². The van der Waals surface area contributed by atoms with Crippen molar-refractivity contribution in [1.29, 1.82) is 0 Å². The number of rotatable bonds is 7. The molecular formula is C14H24N2O2S. The van der Waals surface area contributed by atoms with Gasteiger partial charge in [0.15, 0.2) is 0 Å². The van der Waals surface area contributed by atoms with Crippen LogP contribution in [0.1, 0.15) is 38.3 Å². The Balaban J connectivity index is 2.96. The highest BCUT2D eigenvalue weighted by atomic mass is 32.2. The lowest BCUT2D eigenvalue weighted by atomic mass is 10.1. The first kappa shape index (κ1) is 16.1. The minimum atomic E-state index is -3.39. The Hall–Kier alpha value is -0.910. The highest BCUT2D eigenvalue weighted by Crippen LogP contribution is 2.17. The second kappa shape index (κ2) is 7.03. The summed E-state index contributed by atoms with van der Waals surface area (Å²) in [6.07, 6.45) is 0.785. The summed E-state index contributed by atoms with van der Waals surface area (Å²) in [7, 11) is -3.39. The van der Waals surface area contributed by atoms with Crippen LogP contribution >= 0.6 is 0 Å². The quantitative estimate of drug-likeness (QED) is 0.807. The predicted octanol–water partition coefficient (Wildman–Crippen LogP) is 2.18. The standard InChI is InChI=1S/C14H24N2O2S/c1-5-8-16-19(17,18)14-9-13(7-6-12(14)4)10-15-11(2)3/h6-7,9,11,15-16H,5,8,10H2,1-4H3. The fraction of sp³-hybridized carbons (Fsp3) is 0.571. The molecule has 0 saturated carbocycles. The molecular weight excluding hydrogens is 260 g/mol. The van der Waals surface area contributed by atoms with E-state index in [0.29, 0.717) is 24.0 Å². The minimum Gasteiger partial charge on any atom is -0.310 e. The lowest BCUT2D eigenvalue weighted by Crippen LogP contribution is -2.26. The van der Waals surface area contributed by atoms with E-state index in [-0.39, 0.29) is 0 Å². The van der Waals surface area contributed by atoms with E-state index in [1.165, 1.54) is 0 Å². The van der Waals surface area contributed by atoms with Gasteiger partial charge >= 0.3 is 0 Å². The number of benzene rings is 1. The Morgan fingerprint density at radius 2 is 1.95 bits per heavy atom. The summed E-state index contributed by atoms with van der Waals surface area (Å²) in [5.41, 5.74) is 1.76. The van der Waals surface area contributed by atoms with Crippen molar-refractivity contribution in [2.45, 2.75) is 51.6 Å². The van der Waals surface area contributed by atoms with Crippen molar-refractivity contribution in [2.24, 2.45) is 0 Å². The van der Waals surface area contributed by atoms with Crippen molar-refractivity contribution in [1.82, 2.24) is 10.0 Å². The predicted molar refractivity (Wildman–Crippen MR) is 78.6 cm³/mol. The van der Waals surface area contributed by atoms with Crippen LogP contribution in [0, 0.1) is 6.92 Å². The van der Waals surface area contributed by atoms with E-state index < -0.39 is 10.0 Å². The Bertz CT molecular complexity index is 510. The zero-order chi connectivity index (χ0) is 14.5. The minimum absolute atomic E-state index is 0.375. The van der Waals surface area contributed by atoms with E-state index in [4.69, 9.17) is 0 Å². The van der Waals surface area contributed by atoms with Crippen molar-refractivity contribution in [3.05, 3.63) is 29.3 Å². The summed E-state index contributed by atoms with van der Waals surface area (Å²) in [5.74, 6) is 0. The van der Waals surface area contributed by atoms with Crippen LogP contribution in [0.5, 0.6) is 0 Å². The zero-order valence-electron chi connectivity index (χ0n) is 12.2. The third-order valence-corrected chi connectivity index (χ3v) is 4.40. The van der Waals surface area contributed by atoms with Crippen LogP contribution in [-0.4, -0.2) is 21.0 Å². The lowest BCUT2D eigenvalue weighted by Gasteiger charge is -2.12. The number of aryl methyl sites for hydroxylation is 1. The number of nitrogens with one attached hydrogen (secondary N) is 2. The molecule has 0 atom stereocenters. The molecule has 19 heavy (non-hydrogen) atoms. The average Bonchev–Trinajstić information content (AvgIpc) is 2.35. The monoisotopic (exact) mass is 284 g/mol. The molecule has 0 radical (unpaired) electrons. The summed E-state index contributed by atoms with van der Waals surface area (Å²) in [6.45, 7) is 9.03. The van der Waals surface area contributed by atoms with Gasteiger partial charge in [0, 0.05) is 19.1 Å². The Kier molecular flexibility index (Phi) is 5.97. The Morgan fingerprint density at radius 3 is 2.53 bits per heavy atom. The maximum absolute atomic E-state index is 12.2. The molecule has 0 bridgehead atoms. The highest BCUT2D eigenvalue weighted by Gasteiger charge is 2.16. The largest absolute Gasteiger partial charge is 0.310 e. The smallest absolute Gasteiger partial charge is 0.240 e. The van der Waals surface area contributed by atoms with Gasteiger partial charge in [0.1, 0.15) is 0 Å². The molecule has 5 heteroatoms. The Morgan fingerprint density at radius 1 is 1.26 bits per heavy atom. The first-order valence-corrected chi connectivity index (χ1v) is 8.17. The SMILES string of the molecule is CCCNS(=O)(=O)c1cc(CNC(C)C)ccc1C. The fourth-order valence-corrected chi connectivity index (χ4v) is 3.11. The summed E-state index contributed by atoms with van der Waals surface area (Å²) >= 11 is 0. The average molecular weight is 284 g/mol. The zero-order valence-corrected chi connectivity index (χ0v) is 13.0. The van der Waals surface area contributed by atoms with Crippen molar-refractivity contribution >= 4 is 10.0 Å². The van der Waals surface area contributed by atoms with Crippen molar-refractivity contribution in [3.8, 4) is 0 Å². The third-order valence-electron chi connectivity index (χ3n) is 2.80. The number of sulfonamides is 1. The molecule has 0 aromatic heterocycles. The first-order valence-electron chi connectivity index (χ1n) is 6.69. The topological polar surface area (TPSA) is 58.2 Å². The van der Waals surface area contributed by atoms with Crippen LogP contribution in [0.25, 0.3) is 0 Å². The molecule has 0 aliphatic heterocycles. The second-order valence-electron chi connectivity index (χ2n) is 5.03. The fourth-order valence-electron chi connectivity index (χ4n) is 1.68. The molecule has 108 valence electrons. The van der Waals surface area contributed by atoms with Crippen LogP contribution < -0.4 is 10.0 Å². The maximum Gasteiger partial charge on any atom is 0.240 e. The molecule has 0 aliphatic rings. The number of hydrogen-bond donors (Lipinski definition) is 2. The van der Waals surface area contributed by atoms with Gasteiger partial charge in [-0.15, -0.1) is 0 Å². The molecule has 0 unspecified atom stereocenters. The van der Waals surface area contributed by atoms with Crippen LogP contribution in [0.4, 0.5) is 0 Å². The molecule has 0 fully saturated rings. The van der Waals surface area contributed by atoms with Gasteiger partial charge in [-0.05, 0) is 30.5 Å². The van der Waals surface area contributed by atoms with Crippen molar-refractivity contribution in [3.63, 3.8) is 0 Å². The van der Waals surface area contributed by atoms with Gasteiger partial charge in [-0.2, -0.15) is 0 Å². The highest BCUT2D eigenvalue weighted by molar-refractivity contribution is 7.89. The van der Waals surface area contributed by atoms with Gasteiger partial charge in [0.05, 0.1) is 4.90 Å². The molecule has 0 spiro atoms. The Labute approximate surface area is 116 Å². The summed E-state index contributed by atoms with van der Waals surface area (Å²) in [4.78, 5) is 0.379. The molecule has 0 heterocycles. The first-order chi connectivity index (χ1) is 8.86. The maximum atomic E-state index is 12.2. The summed E-state index contributed by atoms with van der Waals surface area (Å²) in [5, 5.41) is 3.29. The van der Waals surface area contributed by atoms with E-state index in [1.54, 1.807) is 6.07 Å². The van der Waals surface area contributed by atoms with Gasteiger partial charge in [-0.3, -0.25) is 0 Å². The molecule has 1 rings (SSSR count). The van der Waals surface area contributed by atoms with E-state index >= 15 is 0 Å². The number of hydrogen-bond acceptors (Lipinski definition) is 3. The van der Waals surface area contributed by atoms with Gasteiger partial charge in [0.2, 0.25) is 10.0 Å². The molecule has 0 amide bonds. The molecule has 4 nitrogen and oxygen atoms in total. The molecule has 1 aromatic carbocycles. The van der Waals surface area contributed by atoms with E-state index in [0.717, 1.165) is 17.5 Å². The van der Waals surface area contributed by atoms with Gasteiger partial charge in [-0.25, -0.2) is 13.1 Å². The van der Waals surface area contributed by atoms with E-state index in [9.17, 15) is 8.42 Å². The molecule has 2 N–H and O–H groups in total. The summed E-state index contributed by atoms with van der Waals surface area (Å²) < 4.78 is 27.0. The van der Waals surface area contributed by atoms with Crippen LogP contribution in [-0.2, 0) is 16.6 Å². The van der Waals surface area contributed by atoms with Gasteiger partial charge in [-0.1, -0.05) is 32.9 Å². The van der Waals surface area contributed by atoms with Gasteiger partial charge < -0.3 is 5.32 Å². The molecule has 0 saturated heterocycles. The van der Waals surface area contributed by atoms with Gasteiger partial charge in [0.25, 0.3) is 0 Å². The van der Waals surface area contributed by atoms with Crippen molar-refractivity contribution in [2.75, 3.05) is 6.54 Å². The van der Waals surface area contributed by atoms with Crippen LogP contribution in [0.15, 0.2) is 23.1 Å². The van der Waals surface area contributed by atoms with E-state index in [2.05, 4.69) is 23.9 Å². The molecule has 1 aromatic rings. The lowest BCUT2D eigenvalue weighted by molar-refractivity contribution is 0.577. The van der Waals surface area contributed by atoms with Crippen LogP contribution in [0.3, 0.4) is 0 Å².